The van der Waals surface area contributed by atoms with Crippen LogP contribution in [0.25, 0.3) is 0 Å². The largest absolute Gasteiger partial charge is 0.333 e. The summed E-state index contributed by atoms with van der Waals surface area (Å²) in [5, 5.41) is 0. The molecule has 0 spiro atoms. The predicted molar refractivity (Wildman–Crippen MR) is 42.8 cm³/mol. The van der Waals surface area contributed by atoms with Gasteiger partial charge in [0.1, 0.15) is 0 Å². The molecule has 62 valence electrons. The molecule has 10 heavy (non-hydrogen) atoms. The molecule has 0 N–H and O–H groups in total. The van der Waals surface area contributed by atoms with Crippen LogP contribution in [-0.4, -0.2) is 14.0 Å². The van der Waals surface area contributed by atoms with E-state index in [1.165, 1.54) is 0 Å². The van der Waals surface area contributed by atoms with Crippen LogP contribution >= 0.6 is 45.2 Å². The third-order valence-corrected chi connectivity index (χ3v) is 1.67. The highest BCUT2D eigenvalue weighted by molar-refractivity contribution is 14.1. The van der Waals surface area contributed by atoms with E-state index in [1.54, 1.807) is 0 Å². The number of alkyl halides is 7. The van der Waals surface area contributed by atoms with Gasteiger partial charge < -0.3 is 0 Å². The van der Waals surface area contributed by atoms with Gasteiger partial charge in [-0.3, -0.25) is 0 Å². The standard InChI is InChI=1S/C3HF5I2/c4-1(2(5,6)9)3(7,8)10/h1H. The van der Waals surface area contributed by atoms with Gasteiger partial charge in [0.05, 0.1) is 0 Å². The maximum absolute atomic E-state index is 11.9. The minimum absolute atomic E-state index is 0.335. The van der Waals surface area contributed by atoms with E-state index >= 15 is 0 Å². The second kappa shape index (κ2) is 3.23. The fourth-order valence-corrected chi connectivity index (χ4v) is 1.56. The second-order valence-electron chi connectivity index (χ2n) is 1.45. The minimum atomic E-state index is -4.01. The molecule has 0 nitrogen and oxygen atoms in total. The molecule has 0 amide bonds. The van der Waals surface area contributed by atoms with Gasteiger partial charge in [-0.2, -0.15) is 17.6 Å². The van der Waals surface area contributed by atoms with Crippen molar-refractivity contribution in [2.75, 3.05) is 0 Å². The van der Waals surface area contributed by atoms with Crippen LogP contribution in [0.4, 0.5) is 22.0 Å². The van der Waals surface area contributed by atoms with E-state index in [2.05, 4.69) is 0 Å². The molecule has 0 aromatic rings. The lowest BCUT2D eigenvalue weighted by Crippen LogP contribution is -2.35. The summed E-state index contributed by atoms with van der Waals surface area (Å²) in [7, 11) is 0. The molecule has 0 fully saturated rings. The molecule has 0 aliphatic carbocycles. The summed E-state index contributed by atoms with van der Waals surface area (Å²) in [6.07, 6.45) is -3.43. The Morgan fingerprint density at radius 3 is 1.10 bits per heavy atom. The van der Waals surface area contributed by atoms with Gasteiger partial charge >= 0.3 is 7.86 Å². The lowest BCUT2D eigenvalue weighted by molar-refractivity contribution is -0.0663. The van der Waals surface area contributed by atoms with E-state index in [9.17, 15) is 22.0 Å². The first-order valence-corrected chi connectivity index (χ1v) is 4.09. The van der Waals surface area contributed by atoms with E-state index in [1.807, 2.05) is 0 Å². The summed E-state index contributed by atoms with van der Waals surface area (Å²) in [5.74, 6) is 0. The summed E-state index contributed by atoms with van der Waals surface area (Å²) in [6.45, 7) is 0. The maximum atomic E-state index is 11.9. The topological polar surface area (TPSA) is 0 Å². The third kappa shape index (κ3) is 3.49. The Bertz CT molecular complexity index is 99.0. The highest BCUT2D eigenvalue weighted by atomic mass is 127. The molecule has 0 saturated carbocycles. The molecule has 0 atom stereocenters. The van der Waals surface area contributed by atoms with Crippen molar-refractivity contribution < 1.29 is 22.0 Å². The Morgan fingerprint density at radius 1 is 0.900 bits per heavy atom. The van der Waals surface area contributed by atoms with E-state index in [0.717, 1.165) is 0 Å². The molecule has 0 unspecified atom stereocenters. The summed E-state index contributed by atoms with van der Waals surface area (Å²) < 4.78 is 50.8. The monoisotopic (exact) mass is 386 g/mol. The first-order valence-electron chi connectivity index (χ1n) is 1.93. The third-order valence-electron chi connectivity index (χ3n) is 0.575. The van der Waals surface area contributed by atoms with Crippen LogP contribution in [0.2, 0.25) is 0 Å². The zero-order chi connectivity index (χ0) is 8.58. The van der Waals surface area contributed by atoms with Crippen LogP contribution in [0.15, 0.2) is 0 Å². The maximum Gasteiger partial charge on any atom is 0.333 e. The van der Waals surface area contributed by atoms with Crippen LogP contribution in [0.5, 0.6) is 0 Å². The lowest BCUT2D eigenvalue weighted by Gasteiger charge is -2.18. The van der Waals surface area contributed by atoms with Gasteiger partial charge in [0.15, 0.2) is 0 Å². The molecule has 7 heteroatoms. The van der Waals surface area contributed by atoms with Crippen LogP contribution in [0.3, 0.4) is 0 Å². The predicted octanol–water partition coefficient (Wildman–Crippen LogP) is 3.38. The zero-order valence-corrected chi connectivity index (χ0v) is 8.54. The number of halogens is 7. The fourth-order valence-electron chi connectivity index (χ4n) is 0.186. The van der Waals surface area contributed by atoms with Crippen LogP contribution in [0, 0.1) is 0 Å². The molecule has 0 aliphatic rings. The van der Waals surface area contributed by atoms with Gasteiger partial charge in [0.25, 0.3) is 0 Å². The van der Waals surface area contributed by atoms with Crippen molar-refractivity contribution >= 4 is 45.2 Å². The van der Waals surface area contributed by atoms with Crippen LogP contribution in [-0.2, 0) is 0 Å². The molecule has 0 aromatic heterocycles. The van der Waals surface area contributed by atoms with E-state index in [0.29, 0.717) is 45.2 Å². The smallest absolute Gasteiger partial charge is 0.232 e. The van der Waals surface area contributed by atoms with Crippen LogP contribution in [0.1, 0.15) is 0 Å². The first kappa shape index (κ1) is 11.1. The molecule has 0 radical (unpaired) electrons. The molecule has 0 heterocycles. The second-order valence-corrected chi connectivity index (χ2v) is 4.32. The van der Waals surface area contributed by atoms with Crippen molar-refractivity contribution in [3.63, 3.8) is 0 Å². The Hall–Kier alpha value is 1.11. The average Bonchev–Trinajstić information content (AvgIpc) is 1.59. The van der Waals surface area contributed by atoms with Gasteiger partial charge in [-0.15, -0.1) is 0 Å². The summed E-state index contributed by atoms with van der Waals surface area (Å²) in [5.41, 5.74) is 0. The van der Waals surface area contributed by atoms with Crippen molar-refractivity contribution in [3.8, 4) is 0 Å². The van der Waals surface area contributed by atoms with E-state index in [4.69, 9.17) is 0 Å². The molecule has 0 bridgehead atoms. The number of hydrogen-bond donors (Lipinski definition) is 0. The number of hydrogen-bond acceptors (Lipinski definition) is 0. The SMILES string of the molecule is FC(C(F)(F)I)C(F)(F)I. The van der Waals surface area contributed by atoms with Crippen molar-refractivity contribution in [1.82, 2.24) is 0 Å². The molecular weight excluding hydrogens is 385 g/mol. The highest BCUT2D eigenvalue weighted by Crippen LogP contribution is 2.41. The van der Waals surface area contributed by atoms with Crippen LogP contribution < -0.4 is 0 Å². The van der Waals surface area contributed by atoms with Crippen molar-refractivity contribution in [2.45, 2.75) is 14.0 Å². The minimum Gasteiger partial charge on any atom is -0.232 e. The van der Waals surface area contributed by atoms with Crippen molar-refractivity contribution in [3.05, 3.63) is 0 Å². The first-order chi connectivity index (χ1) is 4.15. The fraction of sp³-hybridized carbons (Fsp3) is 1.00. The van der Waals surface area contributed by atoms with Gasteiger partial charge in [0, 0.05) is 45.2 Å². The van der Waals surface area contributed by atoms with E-state index in [-0.39, 0.29) is 0 Å². The summed E-state index contributed by atoms with van der Waals surface area (Å²) in [6, 6.07) is 0. The van der Waals surface area contributed by atoms with Gasteiger partial charge in [-0.05, 0) is 0 Å². The Morgan fingerprint density at radius 2 is 1.10 bits per heavy atom. The van der Waals surface area contributed by atoms with Gasteiger partial charge in [-0.1, -0.05) is 0 Å². The number of rotatable bonds is 2. The quantitative estimate of drug-likeness (QED) is 0.388. The van der Waals surface area contributed by atoms with Crippen molar-refractivity contribution in [2.24, 2.45) is 0 Å². The molecule has 0 rings (SSSR count). The Labute approximate surface area is 80.8 Å². The highest BCUT2D eigenvalue weighted by Gasteiger charge is 2.52. The molecule has 0 aliphatic heterocycles. The Kier molecular flexibility index (Phi) is 3.59. The summed E-state index contributed by atoms with van der Waals surface area (Å²) in [4.78, 5) is 0. The van der Waals surface area contributed by atoms with Gasteiger partial charge in [-0.25, -0.2) is 4.39 Å². The molecular formula is C3HF5I2. The average molecular weight is 386 g/mol. The molecule has 0 aromatic carbocycles. The zero-order valence-electron chi connectivity index (χ0n) is 4.22. The van der Waals surface area contributed by atoms with E-state index < -0.39 is 14.0 Å². The lowest BCUT2D eigenvalue weighted by atomic mass is 10.4. The molecule has 0 saturated heterocycles. The summed E-state index contributed by atoms with van der Waals surface area (Å²) >= 11 is 0.669. The normalized spacial score (nSPS) is 14.4. The van der Waals surface area contributed by atoms with Gasteiger partial charge in [0.2, 0.25) is 6.17 Å². The van der Waals surface area contributed by atoms with Crippen molar-refractivity contribution in [1.29, 1.82) is 0 Å². The Balaban J connectivity index is 4.23.